The van der Waals surface area contributed by atoms with Gasteiger partial charge in [-0.15, -0.1) is 0 Å². The van der Waals surface area contributed by atoms with Gasteiger partial charge < -0.3 is 9.42 Å². The molecule has 0 aromatic heterocycles. The summed E-state index contributed by atoms with van der Waals surface area (Å²) in [6.07, 6.45) is 0. The van der Waals surface area contributed by atoms with Crippen LogP contribution in [0.2, 0.25) is 0 Å². The fourth-order valence-corrected chi connectivity index (χ4v) is 2.52. The molecule has 0 heterocycles. The van der Waals surface area contributed by atoms with Crippen molar-refractivity contribution in [2.24, 2.45) is 0 Å². The van der Waals surface area contributed by atoms with Crippen LogP contribution >= 0.6 is 6.64 Å². The molecule has 0 aliphatic heterocycles. The molecule has 0 fully saturated rings. The molecule has 11 heavy (non-hydrogen) atoms. The van der Waals surface area contributed by atoms with Crippen LogP contribution in [0.1, 0.15) is 20.8 Å². The van der Waals surface area contributed by atoms with Gasteiger partial charge in [-0.3, -0.25) is 5.09 Å². The SMILES string of the molecule is CCOP([O-])(=S)NC(C)C.[K+]. The van der Waals surface area contributed by atoms with Crippen LogP contribution in [0, 0.1) is 0 Å². The monoisotopic (exact) mass is 221 g/mol. The summed E-state index contributed by atoms with van der Waals surface area (Å²) >= 11 is 4.64. The van der Waals surface area contributed by atoms with E-state index in [-0.39, 0.29) is 57.4 Å². The molecule has 0 aromatic rings. The Morgan fingerprint density at radius 1 is 1.64 bits per heavy atom. The van der Waals surface area contributed by atoms with Crippen LogP contribution in [-0.4, -0.2) is 12.6 Å². The average molecular weight is 221 g/mol. The molecule has 3 nitrogen and oxygen atoms in total. The maximum Gasteiger partial charge on any atom is 1.00 e. The first kappa shape index (κ1) is 15.6. The van der Waals surface area contributed by atoms with E-state index in [1.54, 1.807) is 6.92 Å². The fraction of sp³-hybridized carbons (Fsp3) is 1.00. The van der Waals surface area contributed by atoms with Crippen molar-refractivity contribution < 1.29 is 60.8 Å². The Balaban J connectivity index is 0. The van der Waals surface area contributed by atoms with Crippen molar-refractivity contribution in [3.8, 4) is 0 Å². The van der Waals surface area contributed by atoms with Crippen molar-refractivity contribution in [1.82, 2.24) is 5.09 Å². The van der Waals surface area contributed by atoms with Gasteiger partial charge in [-0.25, -0.2) is 0 Å². The summed E-state index contributed by atoms with van der Waals surface area (Å²) in [6.45, 7) is 2.98. The molecule has 0 saturated heterocycles. The van der Waals surface area contributed by atoms with Gasteiger partial charge in [0.05, 0.1) is 6.64 Å². The Hall–Kier alpha value is 2.17. The Morgan fingerprint density at radius 2 is 2.09 bits per heavy atom. The van der Waals surface area contributed by atoms with E-state index >= 15 is 0 Å². The van der Waals surface area contributed by atoms with Crippen LogP contribution in [0.25, 0.3) is 0 Å². The number of rotatable bonds is 4. The minimum Gasteiger partial charge on any atom is -0.789 e. The van der Waals surface area contributed by atoms with Crippen LogP contribution in [0.5, 0.6) is 0 Å². The summed E-state index contributed by atoms with van der Waals surface area (Å²) in [7, 11) is 0. The van der Waals surface area contributed by atoms with E-state index in [0.29, 0.717) is 6.61 Å². The third kappa shape index (κ3) is 10.1. The Morgan fingerprint density at radius 3 is 2.36 bits per heavy atom. The van der Waals surface area contributed by atoms with Crippen molar-refractivity contribution in [2.75, 3.05) is 6.61 Å². The molecule has 0 aliphatic carbocycles. The first-order valence-corrected chi connectivity index (χ1v) is 5.85. The molecule has 62 valence electrons. The third-order valence-electron chi connectivity index (χ3n) is 0.715. The second-order valence-corrected chi connectivity index (χ2v) is 5.15. The molecule has 0 bridgehead atoms. The van der Waals surface area contributed by atoms with Crippen molar-refractivity contribution in [2.45, 2.75) is 26.8 Å². The second-order valence-electron chi connectivity index (χ2n) is 2.20. The van der Waals surface area contributed by atoms with E-state index in [9.17, 15) is 4.89 Å². The van der Waals surface area contributed by atoms with Crippen molar-refractivity contribution in [3.63, 3.8) is 0 Å². The molecular formula is C5H13KNO2PS. The van der Waals surface area contributed by atoms with Gasteiger partial charge in [0.1, 0.15) is 0 Å². The summed E-state index contributed by atoms with van der Waals surface area (Å²) in [5.74, 6) is 0. The quantitative estimate of drug-likeness (QED) is 0.425. The summed E-state index contributed by atoms with van der Waals surface area (Å²) in [5.41, 5.74) is 0. The van der Waals surface area contributed by atoms with Crippen molar-refractivity contribution in [3.05, 3.63) is 0 Å². The molecule has 0 saturated carbocycles. The predicted molar refractivity (Wildman–Crippen MR) is 44.2 cm³/mol. The minimum atomic E-state index is -2.92. The Labute approximate surface area is 116 Å². The van der Waals surface area contributed by atoms with E-state index in [0.717, 1.165) is 0 Å². The normalized spacial score (nSPS) is 15.7. The predicted octanol–water partition coefficient (Wildman–Crippen LogP) is -2.39. The standard InChI is InChI=1S/C5H14NO2PS.K/c1-4-8-9(7,10)6-5(2)3;/h5H,4H2,1-3H3,(H2,6,7,10);/q;+1/p-1. The molecule has 0 rings (SSSR count). The summed E-state index contributed by atoms with van der Waals surface area (Å²) in [4.78, 5) is 11.1. The van der Waals surface area contributed by atoms with Gasteiger partial charge in [0.15, 0.2) is 0 Å². The molecule has 1 atom stereocenters. The topological polar surface area (TPSA) is 44.3 Å². The van der Waals surface area contributed by atoms with Crippen molar-refractivity contribution in [1.29, 1.82) is 0 Å². The van der Waals surface area contributed by atoms with Crippen LogP contribution in [0.3, 0.4) is 0 Å². The maximum atomic E-state index is 11.1. The number of nitrogens with one attached hydrogen (secondary N) is 1. The number of hydrogen-bond acceptors (Lipinski definition) is 3. The van der Waals surface area contributed by atoms with E-state index in [1.165, 1.54) is 0 Å². The van der Waals surface area contributed by atoms with E-state index < -0.39 is 6.64 Å². The summed E-state index contributed by atoms with van der Waals surface area (Å²) in [6, 6.07) is 0.106. The van der Waals surface area contributed by atoms with E-state index in [1.807, 2.05) is 13.8 Å². The Kier molecular flexibility index (Phi) is 10.7. The van der Waals surface area contributed by atoms with Crippen LogP contribution in [0.15, 0.2) is 0 Å². The molecular weight excluding hydrogens is 208 g/mol. The Bertz CT molecular complexity index is 144. The smallest absolute Gasteiger partial charge is 0.789 e. The van der Waals surface area contributed by atoms with Crippen LogP contribution in [0.4, 0.5) is 0 Å². The van der Waals surface area contributed by atoms with E-state index in [2.05, 4.69) is 16.9 Å². The molecule has 0 amide bonds. The largest absolute Gasteiger partial charge is 1.00 e. The zero-order valence-electron chi connectivity index (χ0n) is 7.46. The minimum absolute atomic E-state index is 0. The average Bonchev–Trinajstić information content (AvgIpc) is 1.59. The van der Waals surface area contributed by atoms with Crippen LogP contribution in [-0.2, 0) is 16.3 Å². The van der Waals surface area contributed by atoms with Gasteiger partial charge in [-0.2, -0.15) is 0 Å². The zero-order chi connectivity index (χ0) is 8.20. The number of hydrogen-bond donors (Lipinski definition) is 1. The summed E-state index contributed by atoms with van der Waals surface area (Å²) in [5, 5.41) is 2.67. The van der Waals surface area contributed by atoms with Gasteiger partial charge in [0.25, 0.3) is 0 Å². The molecule has 6 heteroatoms. The summed E-state index contributed by atoms with van der Waals surface area (Å²) < 4.78 is 4.80. The van der Waals surface area contributed by atoms with Gasteiger partial charge in [-0.1, -0.05) is 11.8 Å². The van der Waals surface area contributed by atoms with Gasteiger partial charge in [0.2, 0.25) is 0 Å². The van der Waals surface area contributed by atoms with E-state index in [4.69, 9.17) is 4.52 Å². The second kappa shape index (κ2) is 7.56. The van der Waals surface area contributed by atoms with Crippen molar-refractivity contribution >= 4 is 18.4 Å². The fourth-order valence-electron chi connectivity index (χ4n) is 0.523. The van der Waals surface area contributed by atoms with Gasteiger partial charge in [-0.05, 0) is 20.8 Å². The van der Waals surface area contributed by atoms with Crippen LogP contribution < -0.4 is 61.4 Å². The third-order valence-corrected chi connectivity index (χ3v) is 2.78. The molecule has 0 radical (unpaired) electrons. The molecule has 1 N–H and O–H groups in total. The molecule has 1 unspecified atom stereocenters. The van der Waals surface area contributed by atoms with Gasteiger partial charge in [0, 0.05) is 12.6 Å². The molecule has 0 aromatic carbocycles. The first-order valence-electron chi connectivity index (χ1n) is 3.21. The van der Waals surface area contributed by atoms with Gasteiger partial charge >= 0.3 is 51.4 Å². The zero-order valence-corrected chi connectivity index (χ0v) is 12.3. The first-order chi connectivity index (χ1) is 4.48. The maximum absolute atomic E-state index is 11.1. The molecule has 0 aliphatic rings. The molecule has 0 spiro atoms.